The minimum Gasteiger partial charge on any atom is -0.246 e. The van der Waals surface area contributed by atoms with Gasteiger partial charge in [-0.05, 0) is 39.9 Å². The lowest BCUT2D eigenvalue weighted by atomic mass is 9.95. The smallest absolute Gasteiger partial charge is 0.218 e. The predicted molar refractivity (Wildman–Crippen MR) is 111 cm³/mol. The summed E-state index contributed by atoms with van der Waals surface area (Å²) in [4.78, 5) is 10.5. The van der Waals surface area contributed by atoms with Crippen LogP contribution < -0.4 is 0 Å². The fourth-order valence-electron chi connectivity index (χ4n) is 3.54. The number of aliphatic imine (C=N–C) groups is 2. The summed E-state index contributed by atoms with van der Waals surface area (Å²) in [7, 11) is 0. The number of fused-ring (bicyclic) bond motifs is 3. The van der Waals surface area contributed by atoms with Gasteiger partial charge >= 0.3 is 0 Å². The van der Waals surface area contributed by atoms with E-state index in [1.807, 2.05) is 17.8 Å². The van der Waals surface area contributed by atoms with Crippen molar-refractivity contribution in [3.63, 3.8) is 0 Å². The molecule has 2 nitrogen and oxygen atoms in total. The molecule has 0 saturated heterocycles. The van der Waals surface area contributed by atoms with Gasteiger partial charge in [0.15, 0.2) is 0 Å². The summed E-state index contributed by atoms with van der Waals surface area (Å²) in [5.41, 5.74) is 5.77. The molecule has 0 radical (unpaired) electrons. The van der Waals surface area contributed by atoms with Crippen molar-refractivity contribution in [1.29, 1.82) is 0 Å². The van der Waals surface area contributed by atoms with Crippen molar-refractivity contribution >= 4 is 34.4 Å². The van der Waals surface area contributed by atoms with Gasteiger partial charge in [-0.3, -0.25) is 0 Å². The molecule has 0 aromatic heterocycles. The second kappa shape index (κ2) is 6.42. The highest BCUT2D eigenvalue weighted by Crippen LogP contribution is 2.49. The van der Waals surface area contributed by atoms with Crippen LogP contribution in [0.25, 0.3) is 11.1 Å². The van der Waals surface area contributed by atoms with Crippen molar-refractivity contribution < 1.29 is 0 Å². The zero-order chi connectivity index (χ0) is 17.5. The molecule has 4 heteroatoms. The summed E-state index contributed by atoms with van der Waals surface area (Å²) in [6, 6.07) is 27.4. The molecule has 2 aliphatic heterocycles. The Morgan fingerprint density at radius 3 is 2.19 bits per heavy atom. The monoisotopic (exact) mass is 374 g/mol. The Bertz CT molecular complexity index is 1030. The average molecular weight is 375 g/mol. The van der Waals surface area contributed by atoms with Gasteiger partial charge in [0, 0.05) is 4.90 Å². The van der Waals surface area contributed by atoms with E-state index in [9.17, 15) is 0 Å². The summed E-state index contributed by atoms with van der Waals surface area (Å²) in [5.74, 6) is 0. The number of benzene rings is 3. The van der Waals surface area contributed by atoms with Crippen LogP contribution in [0.3, 0.4) is 0 Å². The second-order valence-electron chi connectivity index (χ2n) is 6.36. The van der Waals surface area contributed by atoms with Crippen LogP contribution in [0.15, 0.2) is 93.7 Å². The van der Waals surface area contributed by atoms with Gasteiger partial charge in [0.05, 0.1) is 17.0 Å². The van der Waals surface area contributed by atoms with Gasteiger partial charge in [0.25, 0.3) is 0 Å². The maximum atomic E-state index is 6.27. The first kappa shape index (κ1) is 15.9. The number of rotatable bonds is 2. The van der Waals surface area contributed by atoms with Gasteiger partial charge in [-0.1, -0.05) is 72.8 Å². The molecular formula is C22H15ClN2S. The van der Waals surface area contributed by atoms with Gasteiger partial charge in [0.1, 0.15) is 0 Å². The standard InChI is InChI=1S/C22H15ClN2S/c23-22-24-19(21-20(25-22)17-8-4-5-9-18(17)26-21)16-12-10-15(11-13-16)14-6-2-1-3-7-14/h1-13,20-21H. The molecule has 0 N–H and O–H groups in total. The Morgan fingerprint density at radius 1 is 0.731 bits per heavy atom. The summed E-state index contributed by atoms with van der Waals surface area (Å²) in [6.45, 7) is 0. The van der Waals surface area contributed by atoms with Crippen LogP contribution in [0.4, 0.5) is 0 Å². The lowest BCUT2D eigenvalue weighted by Crippen LogP contribution is -2.26. The molecule has 2 unspecified atom stereocenters. The van der Waals surface area contributed by atoms with E-state index in [1.165, 1.54) is 21.6 Å². The molecule has 0 bridgehead atoms. The predicted octanol–water partition coefficient (Wildman–Crippen LogP) is 5.97. The molecule has 0 spiro atoms. The number of thioether (sulfide) groups is 1. The molecule has 5 rings (SSSR count). The van der Waals surface area contributed by atoms with Crippen LogP contribution in [0.5, 0.6) is 0 Å². The van der Waals surface area contributed by atoms with Crippen molar-refractivity contribution in [2.45, 2.75) is 16.2 Å². The minimum absolute atomic E-state index is 0.0463. The molecule has 3 aromatic rings. The zero-order valence-electron chi connectivity index (χ0n) is 13.8. The van der Waals surface area contributed by atoms with E-state index in [4.69, 9.17) is 11.6 Å². The Balaban J connectivity index is 1.51. The fourth-order valence-corrected chi connectivity index (χ4v) is 5.13. The fraction of sp³-hybridized carbons (Fsp3) is 0.0909. The van der Waals surface area contributed by atoms with E-state index < -0.39 is 0 Å². The second-order valence-corrected chi connectivity index (χ2v) is 7.88. The molecule has 2 heterocycles. The van der Waals surface area contributed by atoms with Gasteiger partial charge in [-0.25, -0.2) is 9.98 Å². The Kier molecular flexibility index (Phi) is 3.92. The number of hydrogen-bond acceptors (Lipinski definition) is 3. The SMILES string of the molecule is ClC1=NC2c3ccccc3SC2C(c2ccc(-c3ccccc3)cc2)=N1. The van der Waals surface area contributed by atoms with Crippen LogP contribution >= 0.6 is 23.4 Å². The Hall–Kier alpha value is -2.36. The Labute approximate surface area is 161 Å². The van der Waals surface area contributed by atoms with E-state index in [2.05, 4.69) is 82.8 Å². The molecule has 126 valence electrons. The van der Waals surface area contributed by atoms with Crippen molar-refractivity contribution in [2.75, 3.05) is 0 Å². The van der Waals surface area contributed by atoms with Crippen molar-refractivity contribution in [1.82, 2.24) is 0 Å². The zero-order valence-corrected chi connectivity index (χ0v) is 15.4. The molecule has 2 aliphatic rings. The van der Waals surface area contributed by atoms with Crippen LogP contribution in [0.2, 0.25) is 0 Å². The maximum absolute atomic E-state index is 6.27. The summed E-state index contributed by atoms with van der Waals surface area (Å²) < 4.78 is 0. The van der Waals surface area contributed by atoms with Crippen molar-refractivity contribution in [3.8, 4) is 11.1 Å². The maximum Gasteiger partial charge on any atom is 0.218 e. The van der Waals surface area contributed by atoms with Crippen molar-refractivity contribution in [2.24, 2.45) is 9.98 Å². The van der Waals surface area contributed by atoms with E-state index in [-0.39, 0.29) is 11.3 Å². The largest absolute Gasteiger partial charge is 0.246 e. The minimum atomic E-state index is 0.0463. The molecule has 0 amide bonds. The highest BCUT2D eigenvalue weighted by molar-refractivity contribution is 8.01. The van der Waals surface area contributed by atoms with Crippen LogP contribution in [0.1, 0.15) is 17.2 Å². The van der Waals surface area contributed by atoms with Gasteiger partial charge in [-0.2, -0.15) is 0 Å². The average Bonchev–Trinajstić information content (AvgIpc) is 3.07. The molecule has 0 saturated carbocycles. The first-order chi connectivity index (χ1) is 12.8. The lowest BCUT2D eigenvalue weighted by molar-refractivity contribution is 0.776. The highest BCUT2D eigenvalue weighted by atomic mass is 35.5. The first-order valence-corrected chi connectivity index (χ1v) is 9.79. The molecular weight excluding hydrogens is 360 g/mol. The molecule has 2 atom stereocenters. The quantitative estimate of drug-likeness (QED) is 0.507. The normalized spacial score (nSPS) is 20.8. The van der Waals surface area contributed by atoms with E-state index in [1.54, 1.807) is 0 Å². The summed E-state index contributed by atoms with van der Waals surface area (Å²) >= 11 is 8.10. The third-order valence-corrected chi connectivity index (χ3v) is 6.34. The van der Waals surface area contributed by atoms with E-state index >= 15 is 0 Å². The molecule has 3 aromatic carbocycles. The number of halogens is 1. The summed E-state index contributed by atoms with van der Waals surface area (Å²) in [6.07, 6.45) is 0. The third-order valence-electron chi connectivity index (χ3n) is 4.79. The molecule has 0 fully saturated rings. The van der Waals surface area contributed by atoms with Crippen molar-refractivity contribution in [3.05, 3.63) is 90.0 Å². The number of hydrogen-bond donors (Lipinski definition) is 0. The van der Waals surface area contributed by atoms with Crippen LogP contribution in [-0.2, 0) is 0 Å². The highest BCUT2D eigenvalue weighted by Gasteiger charge is 2.39. The van der Waals surface area contributed by atoms with Crippen LogP contribution in [0, 0.1) is 0 Å². The number of amidine groups is 1. The van der Waals surface area contributed by atoms with E-state index in [0.29, 0.717) is 5.29 Å². The van der Waals surface area contributed by atoms with Gasteiger partial charge < -0.3 is 0 Å². The number of nitrogens with zero attached hydrogens (tertiary/aromatic N) is 2. The van der Waals surface area contributed by atoms with Crippen LogP contribution in [-0.4, -0.2) is 16.3 Å². The Morgan fingerprint density at radius 2 is 1.38 bits per heavy atom. The third kappa shape index (κ3) is 2.68. The summed E-state index contributed by atoms with van der Waals surface area (Å²) in [5, 5.41) is 0.517. The van der Waals surface area contributed by atoms with Gasteiger partial charge in [-0.15, -0.1) is 11.8 Å². The topological polar surface area (TPSA) is 24.7 Å². The lowest BCUT2D eigenvalue weighted by Gasteiger charge is -2.22. The van der Waals surface area contributed by atoms with E-state index in [0.717, 1.165) is 11.3 Å². The molecule has 0 aliphatic carbocycles. The first-order valence-electron chi connectivity index (χ1n) is 8.53. The van der Waals surface area contributed by atoms with Gasteiger partial charge in [0.2, 0.25) is 5.29 Å². The molecule has 26 heavy (non-hydrogen) atoms.